The van der Waals surface area contributed by atoms with Gasteiger partial charge in [0.15, 0.2) is 11.2 Å². The molecule has 0 bridgehead atoms. The summed E-state index contributed by atoms with van der Waals surface area (Å²) in [5.41, 5.74) is 24.7. The van der Waals surface area contributed by atoms with Gasteiger partial charge in [0.2, 0.25) is 0 Å². The fourth-order valence-corrected chi connectivity index (χ4v) is 18.3. The summed E-state index contributed by atoms with van der Waals surface area (Å²) in [6, 6.07) is 136. The molecule has 0 unspecified atom stereocenters. The third-order valence-corrected chi connectivity index (χ3v) is 24.0. The largest absolute Gasteiger partial charge is 0.454 e. The van der Waals surface area contributed by atoms with E-state index in [2.05, 4.69) is 380 Å². The molecule has 0 aliphatic rings. The Morgan fingerprint density at radius 1 is 0.218 bits per heavy atom. The van der Waals surface area contributed by atoms with Crippen molar-refractivity contribution < 1.29 is 8.83 Å². The van der Waals surface area contributed by atoms with Gasteiger partial charge in [-0.2, -0.15) is 0 Å². The Morgan fingerprint density at radius 2 is 0.582 bits per heavy atom. The fourth-order valence-electron chi connectivity index (χ4n) is 16.4. The number of thiazole rings is 2. The first-order valence-electron chi connectivity index (χ1n) is 37.1. The second-order valence-corrected chi connectivity index (χ2v) is 30.4. The summed E-state index contributed by atoms with van der Waals surface area (Å²) >= 11 is 3.42. The van der Waals surface area contributed by atoms with E-state index in [1.807, 2.05) is 6.07 Å². The van der Waals surface area contributed by atoms with E-state index >= 15 is 0 Å². The molecule has 514 valence electrons. The molecule has 4 heterocycles. The van der Waals surface area contributed by atoms with E-state index in [0.29, 0.717) is 0 Å². The number of benzene rings is 18. The van der Waals surface area contributed by atoms with Gasteiger partial charge in [-0.3, -0.25) is 0 Å². The molecule has 0 fully saturated rings. The highest BCUT2D eigenvalue weighted by molar-refractivity contribution is 7.22. The zero-order valence-corrected chi connectivity index (χ0v) is 60.9. The van der Waals surface area contributed by atoms with Crippen LogP contribution in [0.25, 0.3) is 184 Å². The van der Waals surface area contributed by atoms with Crippen LogP contribution in [-0.4, -0.2) is 9.97 Å². The summed E-state index contributed by atoms with van der Waals surface area (Å²) in [4.78, 5) is 15.1. The van der Waals surface area contributed by atoms with E-state index in [0.717, 1.165) is 159 Å². The van der Waals surface area contributed by atoms with E-state index in [1.54, 1.807) is 22.7 Å². The molecule has 8 heteroatoms. The van der Waals surface area contributed by atoms with E-state index < -0.39 is 0 Å². The maximum absolute atomic E-state index is 7.04. The van der Waals surface area contributed by atoms with Crippen molar-refractivity contribution in [3.8, 4) is 76.8 Å². The SMILES string of the molecule is c1ccc(-c2ccc(N(c3ccc(-c4ccc5ccccc5c4)cc3)c3cccc4c3oc3cc5nc(-c6ccc(-c7cc(-c8ccc(N(c9ccc(-c%10ccc%11c(ccc%12ccccc%12%11)c%10)cc9)c9cccc%10c9oc9cc%11nc(-c%12ccccc%12)sc%11cc9%10)cc8)c8ccccc8c7)cc6)sc5cc34)cc2)cc1. The van der Waals surface area contributed by atoms with Crippen molar-refractivity contribution in [3.05, 3.63) is 376 Å². The van der Waals surface area contributed by atoms with Crippen molar-refractivity contribution in [1.82, 2.24) is 9.97 Å². The van der Waals surface area contributed by atoms with Gasteiger partial charge < -0.3 is 18.6 Å². The molecule has 0 aliphatic carbocycles. The van der Waals surface area contributed by atoms with Crippen molar-refractivity contribution in [1.29, 1.82) is 0 Å². The maximum Gasteiger partial charge on any atom is 0.159 e. The molecule has 0 amide bonds. The quantitative estimate of drug-likeness (QED) is 0.107. The Morgan fingerprint density at radius 3 is 1.15 bits per heavy atom. The number of nitrogens with zero attached hydrogens (tertiary/aromatic N) is 4. The van der Waals surface area contributed by atoms with E-state index in [-0.39, 0.29) is 0 Å². The van der Waals surface area contributed by atoms with Gasteiger partial charge in [-0.25, -0.2) is 9.97 Å². The number of rotatable bonds is 13. The summed E-state index contributed by atoms with van der Waals surface area (Å²) in [5.74, 6) is 0. The molecular weight excluding hydrogens is 1380 g/mol. The van der Waals surface area contributed by atoms with Crippen LogP contribution in [-0.2, 0) is 0 Å². The zero-order chi connectivity index (χ0) is 72.3. The lowest BCUT2D eigenvalue weighted by molar-refractivity contribution is 0.669. The monoisotopic (exact) mass is 1440 g/mol. The molecule has 18 aromatic carbocycles. The fraction of sp³-hybridized carbons (Fsp3) is 0. The topological polar surface area (TPSA) is 58.5 Å². The Bertz CT molecular complexity index is 7370. The highest BCUT2D eigenvalue weighted by Gasteiger charge is 2.25. The van der Waals surface area contributed by atoms with Crippen LogP contribution in [0.15, 0.2) is 385 Å². The van der Waals surface area contributed by atoms with Gasteiger partial charge in [-0.15, -0.1) is 22.7 Å². The van der Waals surface area contributed by atoms with Crippen LogP contribution in [0.3, 0.4) is 0 Å². The number of hydrogen-bond acceptors (Lipinski definition) is 8. The van der Waals surface area contributed by atoms with Crippen LogP contribution >= 0.6 is 22.7 Å². The molecule has 6 nitrogen and oxygen atoms in total. The molecule has 0 aliphatic heterocycles. The number of para-hydroxylation sites is 2. The zero-order valence-electron chi connectivity index (χ0n) is 59.2. The minimum atomic E-state index is 0.797. The van der Waals surface area contributed by atoms with Crippen LogP contribution < -0.4 is 9.80 Å². The first kappa shape index (κ1) is 63.3. The lowest BCUT2D eigenvalue weighted by atomic mass is 9.92. The highest BCUT2D eigenvalue weighted by Crippen LogP contribution is 2.49. The van der Waals surface area contributed by atoms with Gasteiger partial charge in [0.1, 0.15) is 21.2 Å². The first-order valence-corrected chi connectivity index (χ1v) is 38.8. The predicted molar refractivity (Wildman–Crippen MR) is 465 cm³/mol. The second-order valence-electron chi connectivity index (χ2n) is 28.4. The molecule has 0 spiro atoms. The van der Waals surface area contributed by atoms with E-state index in [4.69, 9.17) is 18.8 Å². The molecule has 0 atom stereocenters. The van der Waals surface area contributed by atoms with E-state index in [1.165, 1.54) is 59.8 Å². The maximum atomic E-state index is 7.04. The summed E-state index contributed by atoms with van der Waals surface area (Å²) in [6.45, 7) is 0. The summed E-state index contributed by atoms with van der Waals surface area (Å²) < 4.78 is 16.3. The summed E-state index contributed by atoms with van der Waals surface area (Å²) in [7, 11) is 0. The van der Waals surface area contributed by atoms with Crippen molar-refractivity contribution in [3.63, 3.8) is 0 Å². The van der Waals surface area contributed by atoms with Gasteiger partial charge >= 0.3 is 0 Å². The summed E-state index contributed by atoms with van der Waals surface area (Å²) in [5, 5.41) is 16.0. The first-order chi connectivity index (χ1) is 54.4. The summed E-state index contributed by atoms with van der Waals surface area (Å²) in [6.07, 6.45) is 0. The molecule has 4 aromatic heterocycles. The van der Waals surface area contributed by atoms with Crippen molar-refractivity contribution >= 4 is 164 Å². The molecule has 22 aromatic rings. The average molecular weight is 1440 g/mol. The van der Waals surface area contributed by atoms with Crippen molar-refractivity contribution in [2.45, 2.75) is 0 Å². The van der Waals surface area contributed by atoms with Gasteiger partial charge in [0.05, 0.1) is 31.8 Å². The molecule has 22 rings (SSSR count). The normalized spacial score (nSPS) is 11.8. The Balaban J connectivity index is 0.583. The lowest BCUT2D eigenvalue weighted by Gasteiger charge is -2.26. The molecular formula is C102H62N4O2S2. The second kappa shape index (κ2) is 25.9. The van der Waals surface area contributed by atoms with Gasteiger partial charge in [-0.05, 0) is 196 Å². The third kappa shape index (κ3) is 11.0. The van der Waals surface area contributed by atoms with Crippen molar-refractivity contribution in [2.75, 3.05) is 9.80 Å². The van der Waals surface area contributed by atoms with Crippen LogP contribution in [0.1, 0.15) is 0 Å². The lowest BCUT2D eigenvalue weighted by Crippen LogP contribution is -2.10. The minimum Gasteiger partial charge on any atom is -0.454 e. The Hall–Kier alpha value is -14.0. The Kier molecular flexibility index (Phi) is 14.9. The number of hydrogen-bond donors (Lipinski definition) is 0. The number of fused-ring (bicyclic) bond motifs is 13. The standard InChI is InChI=1S/C102H62N4O2S2/c1-3-15-63(16-4-1)65-37-46-79(47-38-65)105(80-48-39-66(40-49-80)74-35-31-64-17-7-8-21-73(64)55-74)93-27-13-25-87-90-60-98-92(62-96(90)108-99(87)93)104-102(110-98)72-33-29-68(30-34-72)78-57-76-22-10-12-24-84(76)88(58-78)70-43-52-82(53-44-70)106(81-50-41-67(42-51-81)75-45-54-85-77(56-75)36-32-69-18-9-11-23-83(69)85)94-28-14-26-86-89-59-97-91(61-95(89)107-100(86)94)103-101(109-97)71-19-5-2-6-20-71/h1-62H. The predicted octanol–water partition coefficient (Wildman–Crippen LogP) is 29.9. The number of anilines is 6. The van der Waals surface area contributed by atoms with Gasteiger partial charge in [0.25, 0.3) is 0 Å². The third-order valence-electron chi connectivity index (χ3n) is 21.9. The molecule has 0 radical (unpaired) electrons. The van der Waals surface area contributed by atoms with Crippen LogP contribution in [0.2, 0.25) is 0 Å². The Labute approximate surface area is 641 Å². The van der Waals surface area contributed by atoms with Crippen molar-refractivity contribution in [2.24, 2.45) is 0 Å². The highest BCUT2D eigenvalue weighted by atomic mass is 32.1. The average Bonchev–Trinajstić information content (AvgIpc) is 1.57. The minimum absolute atomic E-state index is 0.797. The number of furan rings is 2. The van der Waals surface area contributed by atoms with Crippen LogP contribution in [0.5, 0.6) is 0 Å². The molecule has 0 saturated heterocycles. The van der Waals surface area contributed by atoms with Gasteiger partial charge in [0, 0.05) is 67.6 Å². The van der Waals surface area contributed by atoms with Crippen LogP contribution in [0.4, 0.5) is 34.1 Å². The van der Waals surface area contributed by atoms with E-state index in [9.17, 15) is 0 Å². The molecule has 0 N–H and O–H groups in total. The molecule has 110 heavy (non-hydrogen) atoms. The van der Waals surface area contributed by atoms with Crippen LogP contribution in [0, 0.1) is 0 Å². The van der Waals surface area contributed by atoms with Gasteiger partial charge in [-0.1, -0.05) is 267 Å². The number of aromatic nitrogens is 2. The molecule has 0 saturated carbocycles. The smallest absolute Gasteiger partial charge is 0.159 e.